The molecular weight excluding hydrogens is 239 g/mol. The molecule has 3 heteroatoms. The number of aryl methyl sites for hydroxylation is 2. The fourth-order valence-corrected chi connectivity index (χ4v) is 2.46. The molecule has 1 aromatic heterocycles. The van der Waals surface area contributed by atoms with Gasteiger partial charge in [0.1, 0.15) is 11.3 Å². The molecule has 0 spiro atoms. The summed E-state index contributed by atoms with van der Waals surface area (Å²) in [5.41, 5.74) is 4.70. The third-order valence-corrected chi connectivity index (χ3v) is 3.53. The molecule has 0 saturated heterocycles. The first kappa shape index (κ1) is 13.8. The summed E-state index contributed by atoms with van der Waals surface area (Å²) < 4.78 is 14.0. The van der Waals surface area contributed by atoms with Crippen LogP contribution in [0.5, 0.6) is 0 Å². The molecule has 0 aliphatic rings. The van der Waals surface area contributed by atoms with E-state index in [9.17, 15) is 4.39 Å². The molecule has 0 unspecified atom stereocenters. The highest BCUT2D eigenvalue weighted by atomic mass is 19.1. The van der Waals surface area contributed by atoms with E-state index >= 15 is 0 Å². The van der Waals surface area contributed by atoms with Gasteiger partial charge in [0, 0.05) is 23.3 Å². The number of anilines is 1. The number of nitrogens with one attached hydrogen (secondary N) is 1. The first-order chi connectivity index (χ1) is 9.10. The molecule has 1 aromatic carbocycles. The Balaban J connectivity index is 2.79. The summed E-state index contributed by atoms with van der Waals surface area (Å²) in [4.78, 5) is 4.51. The van der Waals surface area contributed by atoms with Gasteiger partial charge in [-0.3, -0.25) is 0 Å². The molecule has 0 fully saturated rings. The zero-order valence-electron chi connectivity index (χ0n) is 12.1. The van der Waals surface area contributed by atoms with Crippen LogP contribution in [0.3, 0.4) is 0 Å². The van der Waals surface area contributed by atoms with E-state index in [2.05, 4.69) is 31.1 Å². The Bertz CT molecular complexity index is 605. The molecule has 0 aliphatic heterocycles. The Morgan fingerprint density at radius 2 is 1.95 bits per heavy atom. The summed E-state index contributed by atoms with van der Waals surface area (Å²) in [6.45, 7) is 9.14. The molecule has 2 aromatic rings. The molecule has 0 saturated carbocycles. The van der Waals surface area contributed by atoms with Gasteiger partial charge in [0.25, 0.3) is 0 Å². The molecule has 2 nitrogen and oxygen atoms in total. The lowest BCUT2D eigenvalue weighted by Gasteiger charge is -2.17. The van der Waals surface area contributed by atoms with Crippen molar-refractivity contribution in [3.63, 3.8) is 0 Å². The van der Waals surface area contributed by atoms with Crippen LogP contribution in [-0.2, 0) is 6.42 Å². The molecular formula is C16H21FN2. The second kappa shape index (κ2) is 5.55. The van der Waals surface area contributed by atoms with Crippen LogP contribution in [0.1, 0.15) is 37.1 Å². The summed E-state index contributed by atoms with van der Waals surface area (Å²) in [6, 6.07) is 3.32. The van der Waals surface area contributed by atoms with Crippen LogP contribution in [-0.4, -0.2) is 11.5 Å². The van der Waals surface area contributed by atoms with Crippen molar-refractivity contribution in [2.24, 2.45) is 0 Å². The van der Waals surface area contributed by atoms with Crippen molar-refractivity contribution in [1.29, 1.82) is 0 Å². The van der Waals surface area contributed by atoms with Gasteiger partial charge in [-0.2, -0.15) is 0 Å². The smallest absolute Gasteiger partial charge is 0.149 e. The standard InChI is InChI=1S/C16H21FN2/c1-5-9-18-15-11(4)13(6-2)19-16-12(17)8-7-10(3)14(15)16/h7-8H,5-6,9H2,1-4H3,(H,18,19). The van der Waals surface area contributed by atoms with Crippen LogP contribution < -0.4 is 5.32 Å². The van der Waals surface area contributed by atoms with Gasteiger partial charge < -0.3 is 5.32 Å². The summed E-state index contributed by atoms with van der Waals surface area (Å²) in [7, 11) is 0. The van der Waals surface area contributed by atoms with Gasteiger partial charge in [-0.1, -0.05) is 19.9 Å². The lowest BCUT2D eigenvalue weighted by molar-refractivity contribution is 0.636. The van der Waals surface area contributed by atoms with Crippen molar-refractivity contribution in [2.75, 3.05) is 11.9 Å². The van der Waals surface area contributed by atoms with Gasteiger partial charge in [-0.15, -0.1) is 0 Å². The number of rotatable bonds is 4. The zero-order chi connectivity index (χ0) is 14.0. The molecule has 0 aliphatic carbocycles. The van der Waals surface area contributed by atoms with Gasteiger partial charge in [0.15, 0.2) is 0 Å². The van der Waals surface area contributed by atoms with Gasteiger partial charge in [0.2, 0.25) is 0 Å². The molecule has 0 bridgehead atoms. The third-order valence-electron chi connectivity index (χ3n) is 3.53. The highest BCUT2D eigenvalue weighted by Gasteiger charge is 2.15. The Kier molecular flexibility index (Phi) is 4.03. The van der Waals surface area contributed by atoms with Crippen LogP contribution in [0.25, 0.3) is 10.9 Å². The van der Waals surface area contributed by atoms with Crippen molar-refractivity contribution in [3.05, 3.63) is 34.8 Å². The molecule has 19 heavy (non-hydrogen) atoms. The fourth-order valence-electron chi connectivity index (χ4n) is 2.46. The Morgan fingerprint density at radius 1 is 1.21 bits per heavy atom. The molecule has 102 valence electrons. The Hall–Kier alpha value is -1.64. The molecule has 1 N–H and O–H groups in total. The number of fused-ring (bicyclic) bond motifs is 1. The summed E-state index contributed by atoms with van der Waals surface area (Å²) in [5, 5.41) is 4.36. The maximum Gasteiger partial charge on any atom is 0.149 e. The number of pyridine rings is 1. The highest BCUT2D eigenvalue weighted by molar-refractivity contribution is 5.96. The molecule has 2 rings (SSSR count). The van der Waals surface area contributed by atoms with Crippen molar-refractivity contribution >= 4 is 16.6 Å². The second-order valence-electron chi connectivity index (χ2n) is 4.93. The van der Waals surface area contributed by atoms with E-state index < -0.39 is 0 Å². The van der Waals surface area contributed by atoms with Gasteiger partial charge in [-0.05, 0) is 43.9 Å². The molecule has 1 heterocycles. The number of aromatic nitrogens is 1. The minimum atomic E-state index is -0.241. The number of nitrogens with zero attached hydrogens (tertiary/aromatic N) is 1. The minimum Gasteiger partial charge on any atom is -0.384 e. The van der Waals surface area contributed by atoms with E-state index in [1.165, 1.54) is 6.07 Å². The van der Waals surface area contributed by atoms with Crippen LogP contribution in [0.15, 0.2) is 12.1 Å². The summed E-state index contributed by atoms with van der Waals surface area (Å²) in [6.07, 6.45) is 1.86. The van der Waals surface area contributed by atoms with Crippen molar-refractivity contribution in [1.82, 2.24) is 4.98 Å². The zero-order valence-corrected chi connectivity index (χ0v) is 12.1. The summed E-state index contributed by atoms with van der Waals surface area (Å²) >= 11 is 0. The van der Waals surface area contributed by atoms with E-state index in [-0.39, 0.29) is 5.82 Å². The normalized spacial score (nSPS) is 11.0. The molecule has 0 radical (unpaired) electrons. The van der Waals surface area contributed by atoms with Gasteiger partial charge in [-0.25, -0.2) is 9.37 Å². The van der Waals surface area contributed by atoms with Gasteiger partial charge >= 0.3 is 0 Å². The van der Waals surface area contributed by atoms with E-state index in [1.54, 1.807) is 0 Å². The summed E-state index contributed by atoms with van der Waals surface area (Å²) in [5.74, 6) is -0.241. The van der Waals surface area contributed by atoms with E-state index in [4.69, 9.17) is 0 Å². The Morgan fingerprint density at radius 3 is 2.58 bits per heavy atom. The average Bonchev–Trinajstić information content (AvgIpc) is 2.41. The lowest BCUT2D eigenvalue weighted by atomic mass is 10.0. The Labute approximate surface area is 114 Å². The third kappa shape index (κ3) is 2.42. The van der Waals surface area contributed by atoms with Crippen molar-refractivity contribution in [2.45, 2.75) is 40.5 Å². The predicted molar refractivity (Wildman–Crippen MR) is 79.3 cm³/mol. The first-order valence-electron chi connectivity index (χ1n) is 6.92. The molecule has 0 amide bonds. The topological polar surface area (TPSA) is 24.9 Å². The van der Waals surface area contributed by atoms with E-state index in [0.29, 0.717) is 5.52 Å². The molecule has 0 atom stereocenters. The van der Waals surface area contributed by atoms with Crippen LogP contribution in [0, 0.1) is 19.7 Å². The van der Waals surface area contributed by atoms with E-state index in [0.717, 1.165) is 47.3 Å². The van der Waals surface area contributed by atoms with Gasteiger partial charge in [0.05, 0.1) is 0 Å². The average molecular weight is 260 g/mol. The first-order valence-corrected chi connectivity index (χ1v) is 6.92. The quantitative estimate of drug-likeness (QED) is 0.882. The minimum absolute atomic E-state index is 0.241. The lowest BCUT2D eigenvalue weighted by Crippen LogP contribution is -2.07. The van der Waals surface area contributed by atoms with E-state index in [1.807, 2.05) is 13.0 Å². The largest absolute Gasteiger partial charge is 0.384 e. The second-order valence-corrected chi connectivity index (χ2v) is 4.93. The van der Waals surface area contributed by atoms with Crippen molar-refractivity contribution in [3.8, 4) is 0 Å². The maximum absolute atomic E-state index is 14.0. The van der Waals surface area contributed by atoms with Crippen molar-refractivity contribution < 1.29 is 4.39 Å². The number of hydrogen-bond donors (Lipinski definition) is 1. The predicted octanol–water partition coefficient (Wildman–Crippen LogP) is 4.38. The fraction of sp³-hybridized carbons (Fsp3) is 0.438. The monoisotopic (exact) mass is 260 g/mol. The number of hydrogen-bond acceptors (Lipinski definition) is 2. The van der Waals surface area contributed by atoms with Crippen LogP contribution in [0.4, 0.5) is 10.1 Å². The SMILES string of the molecule is CCCNc1c(C)c(CC)nc2c(F)ccc(C)c12. The number of halogens is 1. The van der Waals surface area contributed by atoms with Crippen LogP contribution >= 0.6 is 0 Å². The maximum atomic E-state index is 14.0. The highest BCUT2D eigenvalue weighted by Crippen LogP contribution is 2.32. The number of benzene rings is 1. The van der Waals surface area contributed by atoms with Crippen LogP contribution in [0.2, 0.25) is 0 Å².